The lowest BCUT2D eigenvalue weighted by Gasteiger charge is -2.30. The van der Waals surface area contributed by atoms with E-state index < -0.39 is 0 Å². The van der Waals surface area contributed by atoms with Crippen LogP contribution in [0.3, 0.4) is 0 Å². The average Bonchev–Trinajstić information content (AvgIpc) is 2.46. The standard InChI is InChI=1S/C17H19N3O/c18-15-4-1-2-5-16(15)19-17(21)14-8-6-13(7-9-14)12-20-10-3-11-20/h1-2,4-9H,3,10-12,18H2,(H,19,21). The molecule has 0 bridgehead atoms. The summed E-state index contributed by atoms with van der Waals surface area (Å²) in [6, 6.07) is 15.0. The lowest BCUT2D eigenvalue weighted by atomic mass is 10.1. The highest BCUT2D eigenvalue weighted by Crippen LogP contribution is 2.18. The van der Waals surface area contributed by atoms with Crippen molar-refractivity contribution >= 4 is 17.3 Å². The Balaban J connectivity index is 1.65. The molecule has 1 amide bonds. The number of para-hydroxylation sites is 2. The number of amides is 1. The minimum absolute atomic E-state index is 0.136. The van der Waals surface area contributed by atoms with E-state index in [0.29, 0.717) is 16.9 Å². The summed E-state index contributed by atoms with van der Waals surface area (Å²) in [5.41, 5.74) is 8.93. The number of carbonyl (C=O) groups is 1. The predicted molar refractivity (Wildman–Crippen MR) is 85.1 cm³/mol. The van der Waals surface area contributed by atoms with Crippen LogP contribution in [0.1, 0.15) is 22.3 Å². The fourth-order valence-electron chi connectivity index (χ4n) is 2.36. The summed E-state index contributed by atoms with van der Waals surface area (Å²) < 4.78 is 0. The summed E-state index contributed by atoms with van der Waals surface area (Å²) in [5, 5.41) is 2.83. The summed E-state index contributed by atoms with van der Waals surface area (Å²) in [6.07, 6.45) is 1.29. The molecule has 1 saturated heterocycles. The maximum Gasteiger partial charge on any atom is 0.255 e. The van der Waals surface area contributed by atoms with Crippen molar-refractivity contribution in [3.63, 3.8) is 0 Å². The van der Waals surface area contributed by atoms with E-state index in [1.807, 2.05) is 36.4 Å². The summed E-state index contributed by atoms with van der Waals surface area (Å²) >= 11 is 0. The summed E-state index contributed by atoms with van der Waals surface area (Å²) in [5.74, 6) is -0.136. The molecular formula is C17H19N3O. The molecule has 4 heteroatoms. The van der Waals surface area contributed by atoms with Crippen molar-refractivity contribution in [2.75, 3.05) is 24.1 Å². The fraction of sp³-hybridized carbons (Fsp3) is 0.235. The monoisotopic (exact) mass is 281 g/mol. The minimum Gasteiger partial charge on any atom is -0.397 e. The van der Waals surface area contributed by atoms with Gasteiger partial charge in [0.1, 0.15) is 0 Å². The van der Waals surface area contributed by atoms with E-state index in [4.69, 9.17) is 5.73 Å². The lowest BCUT2D eigenvalue weighted by molar-refractivity contribution is 0.102. The number of nitrogens with one attached hydrogen (secondary N) is 1. The van der Waals surface area contributed by atoms with E-state index in [0.717, 1.165) is 6.54 Å². The van der Waals surface area contributed by atoms with Gasteiger partial charge in [-0.2, -0.15) is 0 Å². The quantitative estimate of drug-likeness (QED) is 0.847. The van der Waals surface area contributed by atoms with E-state index in [2.05, 4.69) is 10.2 Å². The van der Waals surface area contributed by atoms with Gasteiger partial charge in [0.15, 0.2) is 0 Å². The number of nitrogens with two attached hydrogens (primary N) is 1. The van der Waals surface area contributed by atoms with Crippen LogP contribution in [0.2, 0.25) is 0 Å². The molecule has 3 rings (SSSR count). The summed E-state index contributed by atoms with van der Waals surface area (Å²) in [7, 11) is 0. The van der Waals surface area contributed by atoms with Crippen LogP contribution in [0.15, 0.2) is 48.5 Å². The van der Waals surface area contributed by atoms with Gasteiger partial charge in [-0.15, -0.1) is 0 Å². The van der Waals surface area contributed by atoms with E-state index in [-0.39, 0.29) is 5.91 Å². The lowest BCUT2D eigenvalue weighted by Crippen LogP contribution is -2.36. The van der Waals surface area contributed by atoms with Crippen LogP contribution < -0.4 is 11.1 Å². The van der Waals surface area contributed by atoms with Gasteiger partial charge >= 0.3 is 0 Å². The number of nitrogen functional groups attached to an aromatic ring is 1. The first-order chi connectivity index (χ1) is 10.2. The second-order valence-corrected chi connectivity index (χ2v) is 5.37. The van der Waals surface area contributed by atoms with Gasteiger partial charge < -0.3 is 11.1 Å². The van der Waals surface area contributed by atoms with Crippen LogP contribution >= 0.6 is 0 Å². The molecule has 2 aromatic rings. The van der Waals surface area contributed by atoms with Crippen molar-refractivity contribution in [3.8, 4) is 0 Å². The van der Waals surface area contributed by atoms with Gasteiger partial charge in [-0.05, 0) is 49.3 Å². The third-order valence-corrected chi connectivity index (χ3v) is 3.78. The Morgan fingerprint density at radius 1 is 1.10 bits per heavy atom. The zero-order valence-corrected chi connectivity index (χ0v) is 11.9. The maximum atomic E-state index is 12.2. The van der Waals surface area contributed by atoms with Gasteiger partial charge in [-0.3, -0.25) is 9.69 Å². The molecule has 0 saturated carbocycles. The van der Waals surface area contributed by atoms with E-state index in [1.165, 1.54) is 25.1 Å². The highest BCUT2D eigenvalue weighted by atomic mass is 16.1. The van der Waals surface area contributed by atoms with Crippen LogP contribution in [0, 0.1) is 0 Å². The molecule has 1 aliphatic heterocycles. The highest BCUT2D eigenvalue weighted by Gasteiger charge is 2.14. The number of hydrogen-bond acceptors (Lipinski definition) is 3. The summed E-state index contributed by atoms with van der Waals surface area (Å²) in [6.45, 7) is 3.32. The molecule has 0 aromatic heterocycles. The van der Waals surface area contributed by atoms with E-state index >= 15 is 0 Å². The largest absolute Gasteiger partial charge is 0.397 e. The van der Waals surface area contributed by atoms with Crippen molar-refractivity contribution in [2.45, 2.75) is 13.0 Å². The Hall–Kier alpha value is -2.33. The zero-order valence-electron chi connectivity index (χ0n) is 11.9. The number of nitrogens with zero attached hydrogens (tertiary/aromatic N) is 1. The molecule has 1 heterocycles. The van der Waals surface area contributed by atoms with Gasteiger partial charge in [0, 0.05) is 12.1 Å². The minimum atomic E-state index is -0.136. The Morgan fingerprint density at radius 3 is 2.43 bits per heavy atom. The highest BCUT2D eigenvalue weighted by molar-refractivity contribution is 6.05. The molecule has 0 atom stereocenters. The second-order valence-electron chi connectivity index (χ2n) is 5.37. The number of rotatable bonds is 4. The molecule has 4 nitrogen and oxygen atoms in total. The van der Waals surface area contributed by atoms with Gasteiger partial charge in [-0.25, -0.2) is 0 Å². The zero-order chi connectivity index (χ0) is 14.7. The Bertz CT molecular complexity index is 633. The molecule has 3 N–H and O–H groups in total. The number of carbonyl (C=O) groups excluding carboxylic acids is 1. The number of hydrogen-bond donors (Lipinski definition) is 2. The van der Waals surface area contributed by atoms with Crippen LogP contribution in [-0.4, -0.2) is 23.9 Å². The molecular weight excluding hydrogens is 262 g/mol. The van der Waals surface area contributed by atoms with Crippen LogP contribution in [-0.2, 0) is 6.54 Å². The molecule has 1 fully saturated rings. The van der Waals surface area contributed by atoms with Crippen molar-refractivity contribution in [1.29, 1.82) is 0 Å². The van der Waals surface area contributed by atoms with Gasteiger partial charge in [-0.1, -0.05) is 24.3 Å². The van der Waals surface area contributed by atoms with Crippen molar-refractivity contribution < 1.29 is 4.79 Å². The second kappa shape index (κ2) is 5.97. The van der Waals surface area contributed by atoms with Crippen LogP contribution in [0.4, 0.5) is 11.4 Å². The average molecular weight is 281 g/mol. The van der Waals surface area contributed by atoms with Crippen molar-refractivity contribution in [1.82, 2.24) is 4.90 Å². The number of likely N-dealkylation sites (tertiary alicyclic amines) is 1. The molecule has 0 aliphatic carbocycles. The van der Waals surface area contributed by atoms with Gasteiger partial charge in [0.2, 0.25) is 0 Å². The topological polar surface area (TPSA) is 58.4 Å². The molecule has 1 aliphatic rings. The van der Waals surface area contributed by atoms with E-state index in [9.17, 15) is 4.79 Å². The summed E-state index contributed by atoms with van der Waals surface area (Å²) in [4.78, 5) is 14.6. The van der Waals surface area contributed by atoms with Crippen LogP contribution in [0.25, 0.3) is 0 Å². The van der Waals surface area contributed by atoms with E-state index in [1.54, 1.807) is 12.1 Å². The normalized spacial score (nSPS) is 14.5. The first kappa shape index (κ1) is 13.6. The van der Waals surface area contributed by atoms with Gasteiger partial charge in [0.25, 0.3) is 5.91 Å². The third-order valence-electron chi connectivity index (χ3n) is 3.78. The molecule has 0 unspecified atom stereocenters. The van der Waals surface area contributed by atoms with Crippen molar-refractivity contribution in [2.24, 2.45) is 0 Å². The SMILES string of the molecule is Nc1ccccc1NC(=O)c1ccc(CN2CCC2)cc1. The molecule has 0 spiro atoms. The molecule has 2 aromatic carbocycles. The molecule has 21 heavy (non-hydrogen) atoms. The maximum absolute atomic E-state index is 12.2. The fourth-order valence-corrected chi connectivity index (χ4v) is 2.36. The Morgan fingerprint density at radius 2 is 1.81 bits per heavy atom. The first-order valence-electron chi connectivity index (χ1n) is 7.19. The third kappa shape index (κ3) is 3.23. The Labute approximate surface area is 124 Å². The first-order valence-corrected chi connectivity index (χ1v) is 7.19. The number of anilines is 2. The van der Waals surface area contributed by atoms with Gasteiger partial charge in [0.05, 0.1) is 11.4 Å². The van der Waals surface area contributed by atoms with Crippen LogP contribution in [0.5, 0.6) is 0 Å². The number of benzene rings is 2. The predicted octanol–water partition coefficient (Wildman–Crippen LogP) is 2.73. The molecule has 108 valence electrons. The van der Waals surface area contributed by atoms with Crippen molar-refractivity contribution in [3.05, 3.63) is 59.7 Å². The smallest absolute Gasteiger partial charge is 0.255 e. The Kier molecular flexibility index (Phi) is 3.88. The molecule has 0 radical (unpaired) electrons.